The minimum atomic E-state index is -1.11. The van der Waals surface area contributed by atoms with Crippen LogP contribution in [0.1, 0.15) is 30.8 Å². The summed E-state index contributed by atoms with van der Waals surface area (Å²) < 4.78 is 5.94. The van der Waals surface area contributed by atoms with Gasteiger partial charge >= 0.3 is 5.97 Å². The highest BCUT2D eigenvalue weighted by Crippen LogP contribution is 2.37. The van der Waals surface area contributed by atoms with Crippen molar-refractivity contribution in [2.75, 3.05) is 27.2 Å². The molecule has 0 fully saturated rings. The zero-order valence-electron chi connectivity index (χ0n) is 21.3. The van der Waals surface area contributed by atoms with E-state index in [-0.39, 0.29) is 11.6 Å². The topological polar surface area (TPSA) is 91.8 Å². The number of benzene rings is 2. The molecule has 196 valence electrons. The Labute approximate surface area is 227 Å². The number of aromatic nitrogens is 1. The Morgan fingerprint density at radius 1 is 1.03 bits per heavy atom. The Kier molecular flexibility index (Phi) is 9.92. The number of amides is 1. The van der Waals surface area contributed by atoms with Gasteiger partial charge in [-0.25, -0.2) is 9.78 Å². The van der Waals surface area contributed by atoms with E-state index in [0.717, 1.165) is 18.5 Å². The van der Waals surface area contributed by atoms with E-state index >= 15 is 0 Å². The number of rotatable bonds is 11. The number of ether oxygens (including phenoxy) is 1. The number of aliphatic carboxylic acids is 1. The van der Waals surface area contributed by atoms with Crippen molar-refractivity contribution in [2.45, 2.75) is 26.3 Å². The van der Waals surface area contributed by atoms with E-state index in [0.29, 0.717) is 39.2 Å². The molecule has 0 radical (unpaired) electrons. The fourth-order valence-corrected chi connectivity index (χ4v) is 4.17. The average Bonchev–Trinajstić information content (AvgIpc) is 2.85. The number of carbonyl (C=O) groups excluding carboxylic acids is 1. The van der Waals surface area contributed by atoms with Gasteiger partial charge in [0.15, 0.2) is 0 Å². The number of carboxylic acids is 1. The van der Waals surface area contributed by atoms with Crippen molar-refractivity contribution in [3.63, 3.8) is 0 Å². The van der Waals surface area contributed by atoms with Gasteiger partial charge in [-0.05, 0) is 56.8 Å². The van der Waals surface area contributed by atoms with Crippen LogP contribution in [0.3, 0.4) is 0 Å². The lowest BCUT2D eigenvalue weighted by Gasteiger charge is -2.18. The van der Waals surface area contributed by atoms with Crippen molar-refractivity contribution in [3.05, 3.63) is 70.3 Å². The van der Waals surface area contributed by atoms with E-state index in [9.17, 15) is 14.7 Å². The van der Waals surface area contributed by atoms with E-state index in [2.05, 4.69) is 15.2 Å². The van der Waals surface area contributed by atoms with Crippen LogP contribution in [0.15, 0.2) is 54.6 Å². The van der Waals surface area contributed by atoms with Crippen LogP contribution in [0, 0.1) is 5.92 Å². The lowest BCUT2D eigenvalue weighted by molar-refractivity contribution is -0.140. The molecule has 37 heavy (non-hydrogen) atoms. The number of nitrogens with one attached hydrogen (secondary N) is 1. The van der Waals surface area contributed by atoms with Crippen LogP contribution in [0.4, 0.5) is 0 Å². The minimum Gasteiger partial charge on any atom is -0.492 e. The molecule has 2 aromatic carbocycles. The van der Waals surface area contributed by atoms with Crippen LogP contribution < -0.4 is 10.1 Å². The number of halogens is 2. The van der Waals surface area contributed by atoms with Crippen molar-refractivity contribution in [1.29, 1.82) is 0 Å². The van der Waals surface area contributed by atoms with E-state index in [1.165, 1.54) is 0 Å². The number of hydrogen-bond donors (Lipinski definition) is 2. The summed E-state index contributed by atoms with van der Waals surface area (Å²) >= 11 is 12.9. The van der Waals surface area contributed by atoms with Gasteiger partial charge in [-0.2, -0.15) is 0 Å². The highest BCUT2D eigenvalue weighted by molar-refractivity contribution is 6.33. The van der Waals surface area contributed by atoms with Crippen molar-refractivity contribution < 1.29 is 19.4 Å². The summed E-state index contributed by atoms with van der Waals surface area (Å²) in [5, 5.41) is 13.1. The highest BCUT2D eigenvalue weighted by Gasteiger charge is 2.25. The maximum Gasteiger partial charge on any atom is 0.326 e. The van der Waals surface area contributed by atoms with Crippen molar-refractivity contribution in [1.82, 2.24) is 15.2 Å². The molecule has 9 heteroatoms. The highest BCUT2D eigenvalue weighted by atomic mass is 35.5. The lowest BCUT2D eigenvalue weighted by Crippen LogP contribution is -2.44. The van der Waals surface area contributed by atoms with Crippen molar-refractivity contribution in [3.8, 4) is 28.1 Å². The molecule has 0 spiro atoms. The van der Waals surface area contributed by atoms with Crippen LogP contribution in [-0.2, 0) is 4.79 Å². The summed E-state index contributed by atoms with van der Waals surface area (Å²) in [5.41, 5.74) is 2.71. The molecule has 0 aliphatic carbocycles. The van der Waals surface area contributed by atoms with E-state index in [1.54, 1.807) is 50.2 Å². The summed E-state index contributed by atoms with van der Waals surface area (Å²) in [6.07, 6.45) is 0.826. The first-order chi connectivity index (χ1) is 17.6. The first-order valence-electron chi connectivity index (χ1n) is 12.0. The number of pyridine rings is 1. The first-order valence-corrected chi connectivity index (χ1v) is 12.7. The van der Waals surface area contributed by atoms with Crippen LogP contribution in [-0.4, -0.2) is 60.2 Å². The molecule has 3 aromatic rings. The Morgan fingerprint density at radius 3 is 2.41 bits per heavy atom. The average molecular weight is 544 g/mol. The first kappa shape index (κ1) is 28.4. The molecule has 0 saturated heterocycles. The molecule has 3 rings (SSSR count). The largest absolute Gasteiger partial charge is 0.492 e. The predicted octanol–water partition coefficient (Wildman–Crippen LogP) is 5.89. The van der Waals surface area contributed by atoms with E-state index in [1.807, 2.05) is 32.3 Å². The summed E-state index contributed by atoms with van der Waals surface area (Å²) in [5.74, 6) is -1.48. The molecule has 1 atom stereocenters. The molecular formula is C28H31Cl2N3O4. The van der Waals surface area contributed by atoms with Crippen LogP contribution in [0.5, 0.6) is 5.75 Å². The summed E-state index contributed by atoms with van der Waals surface area (Å²) in [7, 11) is 4.00. The smallest absolute Gasteiger partial charge is 0.326 e. The summed E-state index contributed by atoms with van der Waals surface area (Å²) in [4.78, 5) is 31.3. The molecule has 2 N–H and O–H groups in total. The molecule has 1 aromatic heterocycles. The number of nitrogens with zero attached hydrogens (tertiary/aromatic N) is 2. The van der Waals surface area contributed by atoms with Gasteiger partial charge in [0.25, 0.3) is 5.91 Å². The van der Waals surface area contributed by atoms with Crippen LogP contribution in [0.2, 0.25) is 10.0 Å². The normalized spacial score (nSPS) is 12.0. The fourth-order valence-electron chi connectivity index (χ4n) is 3.76. The second-order valence-corrected chi connectivity index (χ2v) is 10.1. The molecule has 1 heterocycles. The quantitative estimate of drug-likeness (QED) is 0.293. The molecule has 0 saturated carbocycles. The Hall–Kier alpha value is -3.13. The Morgan fingerprint density at radius 2 is 1.76 bits per heavy atom. The van der Waals surface area contributed by atoms with Gasteiger partial charge in [0.1, 0.15) is 17.5 Å². The molecule has 0 aliphatic rings. The Bertz CT molecular complexity index is 1260. The third kappa shape index (κ3) is 7.44. The second kappa shape index (κ2) is 12.9. The van der Waals surface area contributed by atoms with Gasteiger partial charge in [-0.1, -0.05) is 61.3 Å². The van der Waals surface area contributed by atoms with Gasteiger partial charge in [0.05, 0.1) is 17.3 Å². The number of hydrogen-bond acceptors (Lipinski definition) is 5. The van der Waals surface area contributed by atoms with Gasteiger partial charge in [-0.3, -0.25) is 4.79 Å². The minimum absolute atomic E-state index is 0.0844. The van der Waals surface area contributed by atoms with Crippen LogP contribution >= 0.6 is 23.2 Å². The predicted molar refractivity (Wildman–Crippen MR) is 148 cm³/mol. The third-order valence-corrected chi connectivity index (χ3v) is 6.36. The van der Waals surface area contributed by atoms with Crippen LogP contribution in [0.25, 0.3) is 22.4 Å². The molecule has 7 nitrogen and oxygen atoms in total. The lowest BCUT2D eigenvalue weighted by atomic mass is 9.98. The third-order valence-electron chi connectivity index (χ3n) is 5.72. The number of carbonyl (C=O) groups is 2. The summed E-state index contributed by atoms with van der Waals surface area (Å²) in [6.45, 7) is 4.82. The molecule has 0 unspecified atom stereocenters. The second-order valence-electron chi connectivity index (χ2n) is 9.26. The van der Waals surface area contributed by atoms with Crippen molar-refractivity contribution >= 4 is 35.1 Å². The van der Waals surface area contributed by atoms with Gasteiger partial charge in [0, 0.05) is 28.3 Å². The SMILES string of the molecule is CC(C)[C@H](NC(=O)c1ccc(-c2ccccc2Cl)c(-c2ccc(Cl)c(OCCCN(C)C)c2)n1)C(=O)O. The Balaban J connectivity index is 2.04. The zero-order valence-corrected chi connectivity index (χ0v) is 22.8. The maximum absolute atomic E-state index is 13.0. The zero-order chi connectivity index (χ0) is 27.1. The molecule has 1 amide bonds. The number of carboxylic acid groups (broad SMARTS) is 1. The van der Waals surface area contributed by atoms with Crippen molar-refractivity contribution in [2.24, 2.45) is 5.92 Å². The maximum atomic E-state index is 13.0. The van der Waals surface area contributed by atoms with E-state index in [4.69, 9.17) is 27.9 Å². The summed E-state index contributed by atoms with van der Waals surface area (Å²) in [6, 6.07) is 14.9. The van der Waals surface area contributed by atoms with Gasteiger partial charge in [-0.15, -0.1) is 0 Å². The molecular weight excluding hydrogens is 513 g/mol. The van der Waals surface area contributed by atoms with E-state index < -0.39 is 17.9 Å². The monoisotopic (exact) mass is 543 g/mol. The molecule has 0 aliphatic heterocycles. The fraction of sp³-hybridized carbons (Fsp3) is 0.321. The standard InChI is InChI=1S/C28H31Cl2N3O4/c1-17(2)25(28(35)36)32-27(34)23-13-11-20(19-8-5-6-9-21(19)29)26(31-23)18-10-12-22(30)24(16-18)37-15-7-14-33(3)4/h5-6,8-13,16-17,25H,7,14-15H2,1-4H3,(H,32,34)(H,35,36)/t25-/m0/s1. The van der Waals surface area contributed by atoms with Gasteiger partial charge in [0.2, 0.25) is 0 Å². The molecule has 0 bridgehead atoms. The van der Waals surface area contributed by atoms with Gasteiger partial charge < -0.3 is 20.1 Å².